The molecule has 2 aromatic rings. The number of benzene rings is 1. The highest BCUT2D eigenvalue weighted by Gasteiger charge is 2.39. The van der Waals surface area contributed by atoms with Crippen LogP contribution < -0.4 is 5.73 Å². The van der Waals surface area contributed by atoms with Gasteiger partial charge >= 0.3 is 0 Å². The minimum absolute atomic E-state index is 0.219. The van der Waals surface area contributed by atoms with Gasteiger partial charge in [-0.05, 0) is 31.9 Å². The second kappa shape index (κ2) is 4.63. The van der Waals surface area contributed by atoms with E-state index in [2.05, 4.69) is 29.7 Å². The highest BCUT2D eigenvalue weighted by Crippen LogP contribution is 2.41. The molecule has 0 fully saturated rings. The zero-order valence-corrected chi connectivity index (χ0v) is 12.0. The van der Waals surface area contributed by atoms with Gasteiger partial charge in [0.1, 0.15) is 5.60 Å². The molecule has 1 amide bonds. The molecule has 0 radical (unpaired) electrons. The van der Waals surface area contributed by atoms with Crippen molar-refractivity contribution in [2.75, 3.05) is 6.61 Å². The van der Waals surface area contributed by atoms with Gasteiger partial charge in [-0.1, -0.05) is 18.2 Å². The summed E-state index contributed by atoms with van der Waals surface area (Å²) >= 11 is 0. The molecule has 1 unspecified atom stereocenters. The number of aryl methyl sites for hydroxylation is 1. The summed E-state index contributed by atoms with van der Waals surface area (Å²) in [5.41, 5.74) is 8.44. The Balaban J connectivity index is 2.29. The minimum Gasteiger partial charge on any atom is -0.370 e. The first-order valence-electron chi connectivity index (χ1n) is 7.09. The average Bonchev–Trinajstić information content (AvgIpc) is 2.73. The van der Waals surface area contributed by atoms with Gasteiger partial charge in [0.25, 0.3) is 0 Å². The number of nitrogens with zero attached hydrogens (tertiary/aromatic N) is 1. The lowest BCUT2D eigenvalue weighted by atomic mass is 9.89. The van der Waals surface area contributed by atoms with Crippen LogP contribution in [0.4, 0.5) is 0 Å². The lowest BCUT2D eigenvalue weighted by molar-refractivity contribution is -0.127. The van der Waals surface area contributed by atoms with Gasteiger partial charge in [0.2, 0.25) is 5.91 Å². The van der Waals surface area contributed by atoms with Crippen molar-refractivity contribution in [2.24, 2.45) is 5.73 Å². The first-order chi connectivity index (χ1) is 9.57. The number of rotatable bonds is 3. The number of para-hydroxylation sites is 1. The number of carbonyl (C=O) groups is 1. The highest BCUT2D eigenvalue weighted by atomic mass is 16.5. The quantitative estimate of drug-likeness (QED) is 0.932. The Morgan fingerprint density at radius 2 is 2.20 bits per heavy atom. The van der Waals surface area contributed by atoms with E-state index < -0.39 is 5.60 Å². The molecule has 106 valence electrons. The predicted molar refractivity (Wildman–Crippen MR) is 78.4 cm³/mol. The summed E-state index contributed by atoms with van der Waals surface area (Å²) in [6.07, 6.45) is 1.10. The second-order valence-corrected chi connectivity index (χ2v) is 5.56. The van der Waals surface area contributed by atoms with Crippen LogP contribution in [0.3, 0.4) is 0 Å². The van der Waals surface area contributed by atoms with E-state index in [0.29, 0.717) is 6.61 Å². The third kappa shape index (κ3) is 1.83. The van der Waals surface area contributed by atoms with Crippen molar-refractivity contribution in [3.05, 3.63) is 35.5 Å². The fourth-order valence-electron chi connectivity index (χ4n) is 3.48. The monoisotopic (exact) mass is 272 g/mol. The number of amides is 1. The SMILES string of the molecule is CCn1c2c(c3ccccc31)CCOC2(C)CC(N)=O. The molecule has 1 aliphatic rings. The van der Waals surface area contributed by atoms with E-state index in [-0.39, 0.29) is 12.3 Å². The number of carbonyl (C=O) groups excluding carboxylic acids is 1. The molecule has 1 aromatic carbocycles. The molecular weight excluding hydrogens is 252 g/mol. The summed E-state index contributed by atoms with van der Waals surface area (Å²) < 4.78 is 8.21. The first kappa shape index (κ1) is 13.2. The number of ether oxygens (including phenoxy) is 1. The summed E-state index contributed by atoms with van der Waals surface area (Å²) in [5.74, 6) is -0.326. The van der Waals surface area contributed by atoms with Gasteiger partial charge in [0.15, 0.2) is 0 Å². The Morgan fingerprint density at radius 1 is 1.45 bits per heavy atom. The maximum atomic E-state index is 11.4. The van der Waals surface area contributed by atoms with Gasteiger partial charge in [-0.2, -0.15) is 0 Å². The van der Waals surface area contributed by atoms with Crippen molar-refractivity contribution in [1.29, 1.82) is 0 Å². The molecule has 0 saturated heterocycles. The van der Waals surface area contributed by atoms with Gasteiger partial charge in [-0.3, -0.25) is 4.79 Å². The molecule has 3 rings (SSSR count). The molecule has 1 atom stereocenters. The molecule has 0 spiro atoms. The molecule has 20 heavy (non-hydrogen) atoms. The number of primary amides is 1. The van der Waals surface area contributed by atoms with Crippen LogP contribution in [0.1, 0.15) is 31.5 Å². The van der Waals surface area contributed by atoms with Gasteiger partial charge in [-0.25, -0.2) is 0 Å². The predicted octanol–water partition coefficient (Wildman–Crippen LogP) is 2.32. The molecule has 4 heteroatoms. The maximum Gasteiger partial charge on any atom is 0.220 e. The van der Waals surface area contributed by atoms with Crippen LogP contribution in [-0.4, -0.2) is 17.1 Å². The van der Waals surface area contributed by atoms with Crippen LogP contribution in [-0.2, 0) is 28.1 Å². The van der Waals surface area contributed by atoms with Crippen LogP contribution >= 0.6 is 0 Å². The second-order valence-electron chi connectivity index (χ2n) is 5.56. The number of aromatic nitrogens is 1. The van der Waals surface area contributed by atoms with Gasteiger partial charge in [0, 0.05) is 17.4 Å². The van der Waals surface area contributed by atoms with Crippen molar-refractivity contribution in [3.8, 4) is 0 Å². The Kier molecular flexibility index (Phi) is 3.05. The zero-order chi connectivity index (χ0) is 14.3. The number of hydrogen-bond acceptors (Lipinski definition) is 2. The third-order valence-electron chi connectivity index (χ3n) is 4.18. The molecule has 0 bridgehead atoms. The standard InChI is InChI=1S/C16H20N2O2/c1-3-18-13-7-5-4-6-11(13)12-8-9-20-16(2,15(12)18)10-14(17)19/h4-7H,3,8-10H2,1-2H3,(H2,17,19). The molecule has 0 saturated carbocycles. The van der Waals surface area contributed by atoms with E-state index in [0.717, 1.165) is 18.7 Å². The lowest BCUT2D eigenvalue weighted by Crippen LogP contribution is -2.38. The van der Waals surface area contributed by atoms with Crippen LogP contribution in [0, 0.1) is 0 Å². The van der Waals surface area contributed by atoms with Crippen molar-refractivity contribution in [3.63, 3.8) is 0 Å². The summed E-state index contributed by atoms with van der Waals surface area (Å²) in [6.45, 7) is 5.58. The van der Waals surface area contributed by atoms with Crippen LogP contribution in [0.25, 0.3) is 10.9 Å². The van der Waals surface area contributed by atoms with Crippen molar-refractivity contribution in [2.45, 2.75) is 38.8 Å². The van der Waals surface area contributed by atoms with E-state index in [4.69, 9.17) is 10.5 Å². The molecule has 0 aliphatic carbocycles. The Morgan fingerprint density at radius 3 is 2.90 bits per heavy atom. The summed E-state index contributed by atoms with van der Waals surface area (Å²) in [6, 6.07) is 8.38. The Hall–Kier alpha value is -1.81. The molecule has 1 aliphatic heterocycles. The normalized spacial score (nSPS) is 21.9. The fraction of sp³-hybridized carbons (Fsp3) is 0.438. The van der Waals surface area contributed by atoms with Crippen LogP contribution in [0.5, 0.6) is 0 Å². The largest absolute Gasteiger partial charge is 0.370 e. The molecular formula is C16H20N2O2. The van der Waals surface area contributed by atoms with Gasteiger partial charge in [0.05, 0.1) is 18.7 Å². The highest BCUT2D eigenvalue weighted by molar-refractivity contribution is 5.87. The van der Waals surface area contributed by atoms with Crippen molar-refractivity contribution < 1.29 is 9.53 Å². The van der Waals surface area contributed by atoms with E-state index in [1.54, 1.807) is 0 Å². The molecule has 1 aromatic heterocycles. The van der Waals surface area contributed by atoms with Gasteiger partial charge in [-0.15, -0.1) is 0 Å². The minimum atomic E-state index is -0.617. The first-order valence-corrected chi connectivity index (χ1v) is 7.09. The number of nitrogens with two attached hydrogens (primary N) is 1. The van der Waals surface area contributed by atoms with Crippen molar-refractivity contribution in [1.82, 2.24) is 4.57 Å². The van der Waals surface area contributed by atoms with Gasteiger partial charge < -0.3 is 15.0 Å². The van der Waals surface area contributed by atoms with Crippen LogP contribution in [0.2, 0.25) is 0 Å². The summed E-state index contributed by atoms with van der Waals surface area (Å²) in [4.78, 5) is 11.4. The fourth-order valence-corrected chi connectivity index (χ4v) is 3.48. The molecule has 2 heterocycles. The number of hydrogen-bond donors (Lipinski definition) is 1. The molecule has 2 N–H and O–H groups in total. The van der Waals surface area contributed by atoms with Crippen LogP contribution in [0.15, 0.2) is 24.3 Å². The lowest BCUT2D eigenvalue weighted by Gasteiger charge is -2.35. The third-order valence-corrected chi connectivity index (χ3v) is 4.18. The maximum absolute atomic E-state index is 11.4. The zero-order valence-electron chi connectivity index (χ0n) is 12.0. The number of fused-ring (bicyclic) bond motifs is 3. The Labute approximate surface area is 118 Å². The summed E-state index contributed by atoms with van der Waals surface area (Å²) in [7, 11) is 0. The van der Waals surface area contributed by atoms with Crippen molar-refractivity contribution >= 4 is 16.8 Å². The molecule has 4 nitrogen and oxygen atoms in total. The smallest absolute Gasteiger partial charge is 0.220 e. The van der Waals surface area contributed by atoms with E-state index in [1.807, 2.05) is 13.0 Å². The van der Waals surface area contributed by atoms with E-state index in [1.165, 1.54) is 16.5 Å². The summed E-state index contributed by atoms with van der Waals surface area (Å²) in [5, 5.41) is 1.27. The van der Waals surface area contributed by atoms with E-state index in [9.17, 15) is 4.79 Å². The Bertz CT molecular complexity index is 641. The topological polar surface area (TPSA) is 57.2 Å². The average molecular weight is 272 g/mol. The van der Waals surface area contributed by atoms with E-state index >= 15 is 0 Å².